The molecule has 112 valence electrons. The minimum Gasteiger partial charge on any atom is -0.508 e. The topological polar surface area (TPSA) is 94.5 Å². The van der Waals surface area contributed by atoms with Gasteiger partial charge in [-0.25, -0.2) is 4.98 Å². The molecule has 0 saturated carbocycles. The second kappa shape index (κ2) is 6.55. The van der Waals surface area contributed by atoms with Crippen LogP contribution in [-0.2, 0) is 0 Å². The van der Waals surface area contributed by atoms with Gasteiger partial charge in [0.2, 0.25) is 0 Å². The van der Waals surface area contributed by atoms with Crippen molar-refractivity contribution in [2.45, 2.75) is 19.9 Å². The summed E-state index contributed by atoms with van der Waals surface area (Å²) in [4.78, 5) is 16.4. The minimum atomic E-state index is -0.468. The second-order valence-electron chi connectivity index (χ2n) is 4.51. The van der Waals surface area contributed by atoms with Crippen molar-refractivity contribution in [1.29, 1.82) is 0 Å². The molecule has 1 aromatic heterocycles. The fourth-order valence-electron chi connectivity index (χ4n) is 1.83. The van der Waals surface area contributed by atoms with E-state index in [9.17, 15) is 15.0 Å². The van der Waals surface area contributed by atoms with Gasteiger partial charge in [0.1, 0.15) is 11.5 Å². The van der Waals surface area contributed by atoms with Crippen LogP contribution in [0.25, 0.3) is 0 Å². The molecule has 0 saturated heterocycles. The highest BCUT2D eigenvalue weighted by atomic mass is 32.1. The summed E-state index contributed by atoms with van der Waals surface area (Å²) in [6.45, 7) is 4.84. The average Bonchev–Trinajstić information content (AvgIpc) is 2.87. The van der Waals surface area contributed by atoms with E-state index in [2.05, 4.69) is 15.6 Å². The van der Waals surface area contributed by atoms with Gasteiger partial charge in [0.15, 0.2) is 5.13 Å². The second-order valence-corrected chi connectivity index (χ2v) is 5.37. The van der Waals surface area contributed by atoms with Gasteiger partial charge >= 0.3 is 0 Å². The highest BCUT2D eigenvalue weighted by Crippen LogP contribution is 2.25. The molecule has 0 fully saturated rings. The molecular formula is C14H17N3O3S. The summed E-state index contributed by atoms with van der Waals surface area (Å²) in [7, 11) is 0. The van der Waals surface area contributed by atoms with Crippen LogP contribution in [0.1, 0.15) is 35.9 Å². The molecule has 0 radical (unpaired) electrons. The number of phenols is 2. The first-order chi connectivity index (χ1) is 10.0. The van der Waals surface area contributed by atoms with E-state index in [-0.39, 0.29) is 23.1 Å². The van der Waals surface area contributed by atoms with Crippen molar-refractivity contribution in [3.05, 3.63) is 34.8 Å². The molecule has 1 unspecified atom stereocenters. The summed E-state index contributed by atoms with van der Waals surface area (Å²) >= 11 is 1.32. The van der Waals surface area contributed by atoms with Gasteiger partial charge in [-0.15, -0.1) is 11.3 Å². The quantitative estimate of drug-likeness (QED) is 0.681. The molecule has 1 aromatic carbocycles. The summed E-state index contributed by atoms with van der Waals surface area (Å²) in [5.41, 5.74) is 0.941. The maximum atomic E-state index is 12.0. The zero-order valence-electron chi connectivity index (χ0n) is 11.8. The van der Waals surface area contributed by atoms with Crippen LogP contribution in [0.15, 0.2) is 23.6 Å². The Morgan fingerprint density at radius 3 is 2.86 bits per heavy atom. The summed E-state index contributed by atoms with van der Waals surface area (Å²) < 4.78 is 0. The average molecular weight is 307 g/mol. The number of phenolic OH excluding ortho intramolecular Hbond substituents is 2. The maximum absolute atomic E-state index is 12.0. The van der Waals surface area contributed by atoms with Crippen LogP contribution < -0.4 is 10.6 Å². The lowest BCUT2D eigenvalue weighted by molar-refractivity contribution is 0.102. The lowest BCUT2D eigenvalue weighted by Crippen LogP contribution is -2.18. The van der Waals surface area contributed by atoms with Crippen LogP contribution in [-0.4, -0.2) is 27.6 Å². The van der Waals surface area contributed by atoms with Crippen molar-refractivity contribution in [3.63, 3.8) is 0 Å². The number of rotatable bonds is 5. The number of hydrogen-bond donors (Lipinski definition) is 4. The van der Waals surface area contributed by atoms with Crippen molar-refractivity contribution in [3.8, 4) is 11.5 Å². The molecule has 0 aliphatic heterocycles. The van der Waals surface area contributed by atoms with Crippen LogP contribution in [0.3, 0.4) is 0 Å². The molecule has 0 bridgehead atoms. The molecule has 2 aromatic rings. The van der Waals surface area contributed by atoms with E-state index < -0.39 is 5.91 Å². The van der Waals surface area contributed by atoms with Crippen LogP contribution in [0.2, 0.25) is 0 Å². The third-order valence-electron chi connectivity index (χ3n) is 2.92. The molecule has 2 rings (SSSR count). The maximum Gasteiger partial charge on any atom is 0.261 e. The smallest absolute Gasteiger partial charge is 0.261 e. The van der Waals surface area contributed by atoms with Gasteiger partial charge in [0, 0.05) is 17.5 Å². The largest absolute Gasteiger partial charge is 0.508 e. The third-order valence-corrected chi connectivity index (χ3v) is 3.70. The summed E-state index contributed by atoms with van der Waals surface area (Å²) in [5.74, 6) is -0.838. The van der Waals surface area contributed by atoms with Gasteiger partial charge in [-0.3, -0.25) is 10.1 Å². The van der Waals surface area contributed by atoms with Gasteiger partial charge in [0.25, 0.3) is 5.91 Å². The number of benzene rings is 1. The number of aromatic hydroxyl groups is 2. The molecule has 7 heteroatoms. The molecule has 1 atom stereocenters. The third kappa shape index (κ3) is 3.71. The SMILES string of the molecule is CCNC(C)c1csc(NC(=O)c2ccc(O)cc2O)n1. The zero-order valence-corrected chi connectivity index (χ0v) is 12.6. The van der Waals surface area contributed by atoms with E-state index in [0.717, 1.165) is 18.3 Å². The number of amides is 1. The Morgan fingerprint density at radius 2 is 2.19 bits per heavy atom. The first-order valence-electron chi connectivity index (χ1n) is 6.53. The number of carbonyl (C=O) groups excluding carboxylic acids is 1. The molecule has 21 heavy (non-hydrogen) atoms. The van der Waals surface area contributed by atoms with Gasteiger partial charge in [-0.1, -0.05) is 6.92 Å². The first-order valence-corrected chi connectivity index (χ1v) is 7.41. The number of hydrogen-bond acceptors (Lipinski definition) is 6. The Kier molecular flexibility index (Phi) is 4.77. The van der Waals surface area contributed by atoms with Crippen LogP contribution in [0.4, 0.5) is 5.13 Å². The normalized spacial score (nSPS) is 12.1. The molecule has 1 amide bonds. The predicted octanol–water partition coefficient (Wildman–Crippen LogP) is 2.48. The van der Waals surface area contributed by atoms with E-state index in [4.69, 9.17) is 0 Å². The van der Waals surface area contributed by atoms with Crippen molar-refractivity contribution >= 4 is 22.4 Å². The molecule has 0 aliphatic rings. The van der Waals surface area contributed by atoms with Crippen molar-refractivity contribution < 1.29 is 15.0 Å². The van der Waals surface area contributed by atoms with Crippen molar-refractivity contribution in [2.24, 2.45) is 0 Å². The summed E-state index contributed by atoms with van der Waals surface area (Å²) in [5, 5.41) is 27.1. The van der Waals surface area contributed by atoms with E-state index in [1.807, 2.05) is 19.2 Å². The Labute approximate surface area is 126 Å². The highest BCUT2D eigenvalue weighted by Gasteiger charge is 2.15. The molecule has 0 spiro atoms. The lowest BCUT2D eigenvalue weighted by atomic mass is 10.2. The van der Waals surface area contributed by atoms with Crippen LogP contribution in [0.5, 0.6) is 11.5 Å². The zero-order chi connectivity index (χ0) is 15.4. The Balaban J connectivity index is 2.09. The number of carbonyl (C=O) groups is 1. The fourth-order valence-corrected chi connectivity index (χ4v) is 2.63. The van der Waals surface area contributed by atoms with E-state index in [0.29, 0.717) is 5.13 Å². The number of aromatic nitrogens is 1. The van der Waals surface area contributed by atoms with Crippen molar-refractivity contribution in [2.75, 3.05) is 11.9 Å². The number of nitrogens with zero attached hydrogens (tertiary/aromatic N) is 1. The Bertz CT molecular complexity index is 642. The van der Waals surface area contributed by atoms with Gasteiger partial charge in [-0.05, 0) is 25.6 Å². The number of anilines is 1. The van der Waals surface area contributed by atoms with E-state index >= 15 is 0 Å². The van der Waals surface area contributed by atoms with Gasteiger partial charge < -0.3 is 15.5 Å². The summed E-state index contributed by atoms with van der Waals surface area (Å²) in [6.07, 6.45) is 0. The fraction of sp³-hybridized carbons (Fsp3) is 0.286. The molecule has 1 heterocycles. The number of nitrogens with one attached hydrogen (secondary N) is 2. The minimum absolute atomic E-state index is 0.0873. The lowest BCUT2D eigenvalue weighted by Gasteiger charge is -2.08. The molecule has 4 N–H and O–H groups in total. The highest BCUT2D eigenvalue weighted by molar-refractivity contribution is 7.14. The molecular weight excluding hydrogens is 290 g/mol. The predicted molar refractivity (Wildman–Crippen MR) is 81.9 cm³/mol. The summed E-state index contributed by atoms with van der Waals surface area (Å²) in [6, 6.07) is 3.93. The molecule has 0 aliphatic carbocycles. The monoisotopic (exact) mass is 307 g/mol. The Morgan fingerprint density at radius 1 is 1.43 bits per heavy atom. The number of thiazole rings is 1. The first kappa shape index (κ1) is 15.3. The van der Waals surface area contributed by atoms with E-state index in [1.54, 1.807) is 0 Å². The van der Waals surface area contributed by atoms with Crippen LogP contribution in [0, 0.1) is 0 Å². The van der Waals surface area contributed by atoms with Crippen LogP contribution >= 0.6 is 11.3 Å². The standard InChI is InChI=1S/C14H17N3O3S/c1-3-15-8(2)11-7-21-14(16-11)17-13(20)10-5-4-9(18)6-12(10)19/h4-8,15,18-19H,3H2,1-2H3,(H,16,17,20). The Hall–Kier alpha value is -2.12. The van der Waals surface area contributed by atoms with Crippen molar-refractivity contribution in [1.82, 2.24) is 10.3 Å². The molecule has 6 nitrogen and oxygen atoms in total. The van der Waals surface area contributed by atoms with E-state index in [1.165, 1.54) is 23.5 Å². The van der Waals surface area contributed by atoms with Gasteiger partial charge in [0.05, 0.1) is 11.3 Å². The van der Waals surface area contributed by atoms with Gasteiger partial charge in [-0.2, -0.15) is 0 Å².